The second kappa shape index (κ2) is 9.27. The molecule has 0 spiro atoms. The van der Waals surface area contributed by atoms with Crippen LogP contribution in [-0.4, -0.2) is 34.8 Å². The smallest absolute Gasteiger partial charge is 0.339 e. The molecule has 1 aromatic carbocycles. The molecular weight excluding hydrogens is 414 g/mol. The van der Waals surface area contributed by atoms with Crippen LogP contribution in [0.3, 0.4) is 0 Å². The minimum atomic E-state index is -0.770. The molecule has 0 radical (unpaired) electrons. The Kier molecular flexibility index (Phi) is 7.06. The molecule has 7 nitrogen and oxygen atoms in total. The predicted octanol–water partition coefficient (Wildman–Crippen LogP) is 3.05. The highest BCUT2D eigenvalue weighted by atomic mass is 79.9. The van der Waals surface area contributed by atoms with E-state index in [2.05, 4.69) is 20.9 Å². The van der Waals surface area contributed by atoms with E-state index < -0.39 is 17.8 Å². The highest BCUT2D eigenvalue weighted by Gasteiger charge is 2.24. The van der Waals surface area contributed by atoms with Gasteiger partial charge < -0.3 is 15.4 Å². The van der Waals surface area contributed by atoms with E-state index in [1.165, 1.54) is 11.0 Å². The number of alkyl halides is 1. The normalized spacial score (nSPS) is 10.3. The summed E-state index contributed by atoms with van der Waals surface area (Å²) in [6.07, 6.45) is 0.674. The van der Waals surface area contributed by atoms with Gasteiger partial charge in [-0.2, -0.15) is 0 Å². The lowest BCUT2D eigenvalue weighted by molar-refractivity contribution is 0.0583. The standard InChI is InChI=1S/C19H20BrN3O4/c1-3-9-23(14-6-4-5-13(10-14)19(26)27-11-20)18(25)15-8-7-12(2)22-16(15)17(21)24/h4-8,10H,3,9,11H2,1-2H3,(H2,21,24). The van der Waals surface area contributed by atoms with Crippen LogP contribution in [0.15, 0.2) is 36.4 Å². The van der Waals surface area contributed by atoms with Crippen molar-refractivity contribution in [2.75, 3.05) is 17.0 Å². The summed E-state index contributed by atoms with van der Waals surface area (Å²) in [6.45, 7) is 4.02. The van der Waals surface area contributed by atoms with E-state index in [1.807, 2.05) is 6.92 Å². The fraction of sp³-hybridized carbons (Fsp3) is 0.263. The number of carbonyl (C=O) groups excluding carboxylic acids is 3. The topological polar surface area (TPSA) is 103 Å². The first-order chi connectivity index (χ1) is 12.9. The lowest BCUT2D eigenvalue weighted by Crippen LogP contribution is -2.34. The first-order valence-corrected chi connectivity index (χ1v) is 9.43. The fourth-order valence-corrected chi connectivity index (χ4v) is 2.78. The number of rotatable bonds is 7. The van der Waals surface area contributed by atoms with Crippen LogP contribution >= 0.6 is 15.9 Å². The van der Waals surface area contributed by atoms with Gasteiger partial charge in [-0.1, -0.05) is 13.0 Å². The quantitative estimate of drug-likeness (QED) is 0.533. The molecule has 0 atom stereocenters. The Morgan fingerprint density at radius 1 is 1.22 bits per heavy atom. The zero-order valence-corrected chi connectivity index (χ0v) is 16.7. The number of hydrogen-bond acceptors (Lipinski definition) is 5. The SMILES string of the molecule is CCCN(C(=O)c1ccc(C)nc1C(N)=O)c1cccc(C(=O)OCBr)c1. The van der Waals surface area contributed by atoms with Crippen LogP contribution in [0.1, 0.15) is 50.2 Å². The summed E-state index contributed by atoms with van der Waals surface area (Å²) in [5, 5.41) is 0. The van der Waals surface area contributed by atoms with Crippen LogP contribution in [0.4, 0.5) is 5.69 Å². The molecule has 0 bridgehead atoms. The maximum absolute atomic E-state index is 13.1. The number of pyridine rings is 1. The average Bonchev–Trinajstić information content (AvgIpc) is 2.65. The molecule has 0 unspecified atom stereocenters. The highest BCUT2D eigenvalue weighted by Crippen LogP contribution is 2.21. The number of hydrogen-bond donors (Lipinski definition) is 1. The molecule has 1 heterocycles. The lowest BCUT2D eigenvalue weighted by Gasteiger charge is -2.23. The van der Waals surface area contributed by atoms with Crippen molar-refractivity contribution in [1.82, 2.24) is 4.98 Å². The van der Waals surface area contributed by atoms with E-state index in [-0.39, 0.29) is 16.8 Å². The number of nitrogens with two attached hydrogens (primary N) is 1. The van der Waals surface area contributed by atoms with Crippen LogP contribution < -0.4 is 10.6 Å². The molecule has 0 aliphatic rings. The molecule has 0 aliphatic carbocycles. The first kappa shape index (κ1) is 20.6. The van der Waals surface area contributed by atoms with E-state index >= 15 is 0 Å². The number of primary amides is 1. The third kappa shape index (κ3) is 4.91. The van der Waals surface area contributed by atoms with Crippen LogP contribution in [0.5, 0.6) is 0 Å². The van der Waals surface area contributed by atoms with Crippen molar-refractivity contribution in [3.8, 4) is 0 Å². The molecule has 0 fully saturated rings. The van der Waals surface area contributed by atoms with E-state index in [1.54, 1.807) is 37.3 Å². The highest BCUT2D eigenvalue weighted by molar-refractivity contribution is 9.09. The number of aryl methyl sites for hydroxylation is 1. The van der Waals surface area contributed by atoms with E-state index in [4.69, 9.17) is 10.5 Å². The van der Waals surface area contributed by atoms with Gasteiger partial charge in [-0.25, -0.2) is 9.78 Å². The number of esters is 1. The minimum absolute atomic E-state index is 0.0732. The number of halogens is 1. The molecule has 8 heteroatoms. The van der Waals surface area contributed by atoms with Crippen molar-refractivity contribution in [2.45, 2.75) is 20.3 Å². The summed E-state index contributed by atoms with van der Waals surface area (Å²) in [6, 6.07) is 9.74. The van der Waals surface area contributed by atoms with Crippen molar-refractivity contribution < 1.29 is 19.1 Å². The Hall–Kier alpha value is -2.74. The maximum atomic E-state index is 13.1. The molecule has 27 heavy (non-hydrogen) atoms. The van der Waals surface area contributed by atoms with Crippen LogP contribution in [0, 0.1) is 6.92 Å². The third-order valence-corrected chi connectivity index (χ3v) is 4.00. The van der Waals surface area contributed by atoms with Gasteiger partial charge in [0.25, 0.3) is 11.8 Å². The number of ether oxygens (including phenoxy) is 1. The average molecular weight is 434 g/mol. The largest absolute Gasteiger partial charge is 0.450 e. The van der Waals surface area contributed by atoms with Gasteiger partial charge in [-0.05, 0) is 59.6 Å². The lowest BCUT2D eigenvalue weighted by atomic mass is 10.1. The van der Waals surface area contributed by atoms with Gasteiger partial charge in [0.15, 0.2) is 0 Å². The first-order valence-electron chi connectivity index (χ1n) is 8.31. The molecule has 0 saturated carbocycles. The Balaban J connectivity index is 2.47. The van der Waals surface area contributed by atoms with Gasteiger partial charge in [-0.3, -0.25) is 9.59 Å². The van der Waals surface area contributed by atoms with Crippen molar-refractivity contribution in [2.24, 2.45) is 5.73 Å². The van der Waals surface area contributed by atoms with Gasteiger partial charge in [0, 0.05) is 17.9 Å². The van der Waals surface area contributed by atoms with E-state index in [9.17, 15) is 14.4 Å². The van der Waals surface area contributed by atoms with Crippen molar-refractivity contribution >= 4 is 39.4 Å². The van der Waals surface area contributed by atoms with Crippen LogP contribution in [0.25, 0.3) is 0 Å². The molecule has 2 amide bonds. The number of aromatic nitrogens is 1. The molecule has 0 saturated heterocycles. The van der Waals surface area contributed by atoms with Crippen molar-refractivity contribution in [3.05, 3.63) is 58.9 Å². The van der Waals surface area contributed by atoms with Crippen LogP contribution in [0.2, 0.25) is 0 Å². The summed E-state index contributed by atoms with van der Waals surface area (Å²) in [7, 11) is 0. The van der Waals surface area contributed by atoms with Gasteiger partial charge in [0.05, 0.1) is 11.1 Å². The molecule has 2 aromatic rings. The number of benzene rings is 1. The molecule has 1 aromatic heterocycles. The summed E-state index contributed by atoms with van der Waals surface area (Å²) in [4.78, 5) is 42.4. The summed E-state index contributed by atoms with van der Waals surface area (Å²) in [5.41, 5.74) is 6.93. The second-order valence-electron chi connectivity index (χ2n) is 5.76. The molecule has 2 rings (SSSR count). The Labute approximate surface area is 165 Å². The zero-order valence-electron chi connectivity index (χ0n) is 15.1. The fourth-order valence-electron chi connectivity index (χ4n) is 2.57. The van der Waals surface area contributed by atoms with Crippen molar-refractivity contribution in [1.29, 1.82) is 0 Å². The maximum Gasteiger partial charge on any atom is 0.339 e. The third-order valence-electron chi connectivity index (χ3n) is 3.77. The minimum Gasteiger partial charge on any atom is -0.450 e. The number of amides is 2. The number of nitrogens with zero attached hydrogens (tertiary/aromatic N) is 2. The summed E-state index contributed by atoms with van der Waals surface area (Å²) < 4.78 is 4.93. The van der Waals surface area contributed by atoms with Gasteiger partial charge in [0.2, 0.25) is 0 Å². The van der Waals surface area contributed by atoms with Gasteiger partial charge >= 0.3 is 5.97 Å². The van der Waals surface area contributed by atoms with Gasteiger partial charge in [0.1, 0.15) is 11.2 Å². The molecular formula is C19H20BrN3O4. The second-order valence-corrected chi connectivity index (χ2v) is 6.22. The zero-order chi connectivity index (χ0) is 20.0. The predicted molar refractivity (Wildman–Crippen MR) is 105 cm³/mol. The molecule has 2 N–H and O–H groups in total. The summed E-state index contributed by atoms with van der Waals surface area (Å²) in [5.74, 6) is -1.69. The Bertz CT molecular complexity index is 870. The number of carbonyl (C=O) groups is 3. The van der Waals surface area contributed by atoms with E-state index in [0.29, 0.717) is 29.9 Å². The Morgan fingerprint density at radius 3 is 2.59 bits per heavy atom. The van der Waals surface area contributed by atoms with Crippen LogP contribution in [-0.2, 0) is 4.74 Å². The molecule has 0 aliphatic heterocycles. The summed E-state index contributed by atoms with van der Waals surface area (Å²) >= 11 is 3.04. The van der Waals surface area contributed by atoms with E-state index in [0.717, 1.165) is 0 Å². The van der Waals surface area contributed by atoms with Gasteiger partial charge in [-0.15, -0.1) is 0 Å². The number of anilines is 1. The monoisotopic (exact) mass is 433 g/mol. The van der Waals surface area contributed by atoms with Crippen molar-refractivity contribution in [3.63, 3.8) is 0 Å². The molecule has 142 valence electrons. The Morgan fingerprint density at radius 2 is 1.96 bits per heavy atom.